The number of hydrogen-bond acceptors (Lipinski definition) is 8. The molecule has 1 heterocycles. The Balaban J connectivity index is 1.84. The van der Waals surface area contributed by atoms with Crippen LogP contribution in [0.3, 0.4) is 0 Å². The van der Waals surface area contributed by atoms with Crippen LogP contribution in [0.15, 0.2) is 45.9 Å². The summed E-state index contributed by atoms with van der Waals surface area (Å²) in [6.07, 6.45) is 1.95. The zero-order valence-electron chi connectivity index (χ0n) is 22.8. The van der Waals surface area contributed by atoms with Crippen LogP contribution in [0.5, 0.6) is 11.5 Å². The van der Waals surface area contributed by atoms with Gasteiger partial charge in [-0.25, -0.2) is 4.39 Å². The van der Waals surface area contributed by atoms with E-state index in [0.29, 0.717) is 46.8 Å². The van der Waals surface area contributed by atoms with Gasteiger partial charge < -0.3 is 18.4 Å². The van der Waals surface area contributed by atoms with E-state index in [1.165, 1.54) is 0 Å². The molecule has 0 radical (unpaired) electrons. The fourth-order valence-corrected chi connectivity index (χ4v) is 4.75. The summed E-state index contributed by atoms with van der Waals surface area (Å²) < 4.78 is 38.2. The highest BCUT2D eigenvalue weighted by Crippen LogP contribution is 2.36. The summed E-state index contributed by atoms with van der Waals surface area (Å²) in [5.74, 6) is 1.65. The number of aliphatic imine (C=N–C) groups is 1. The predicted octanol–water partition coefficient (Wildman–Crippen LogP) is 7.08. The SMILES string of the molecule is COc1cc(OCCO[Si](C)(C)C(C)(C)C)c(F)c(C(CSC)=Nc2ccc(-c3noc(C)n3)cc2)c1. The number of nitrogens with zero attached hydrogens (tertiary/aromatic N) is 3. The number of benzene rings is 2. The average Bonchev–Trinajstić information content (AvgIpc) is 3.28. The Morgan fingerprint density at radius 2 is 1.84 bits per heavy atom. The first kappa shape index (κ1) is 28.9. The van der Waals surface area contributed by atoms with Crippen molar-refractivity contribution in [1.82, 2.24) is 10.1 Å². The molecule has 37 heavy (non-hydrogen) atoms. The standard InChI is InChI=1S/C27H36FN3O4SSi/c1-18-29-26(31-35-18)19-9-11-20(12-10-19)30-23(17-36-6)22-15-21(32-5)16-24(25(22)28)33-13-14-34-37(7,8)27(2,3)4/h9-12,15-16H,13-14,17H2,1-8H3. The fraction of sp³-hybridized carbons (Fsp3) is 0.444. The van der Waals surface area contributed by atoms with Gasteiger partial charge in [0, 0.05) is 29.9 Å². The van der Waals surface area contributed by atoms with Crippen molar-refractivity contribution < 1.29 is 22.8 Å². The van der Waals surface area contributed by atoms with Crippen LogP contribution in [0, 0.1) is 12.7 Å². The van der Waals surface area contributed by atoms with Crippen molar-refractivity contribution >= 4 is 31.5 Å². The van der Waals surface area contributed by atoms with Crippen LogP contribution in [0.25, 0.3) is 11.4 Å². The first-order valence-electron chi connectivity index (χ1n) is 12.1. The zero-order valence-corrected chi connectivity index (χ0v) is 24.7. The summed E-state index contributed by atoms with van der Waals surface area (Å²) in [5, 5.41) is 4.03. The van der Waals surface area contributed by atoms with Crippen LogP contribution in [-0.4, -0.2) is 56.5 Å². The maximum atomic E-state index is 15.7. The highest BCUT2D eigenvalue weighted by atomic mass is 32.2. The topological polar surface area (TPSA) is 79.0 Å². The Morgan fingerprint density at radius 3 is 2.41 bits per heavy atom. The van der Waals surface area contributed by atoms with Gasteiger partial charge in [-0.05, 0) is 54.7 Å². The van der Waals surface area contributed by atoms with E-state index in [0.717, 1.165) is 5.56 Å². The number of hydrogen-bond donors (Lipinski definition) is 0. The lowest BCUT2D eigenvalue weighted by molar-refractivity contribution is 0.198. The summed E-state index contributed by atoms with van der Waals surface area (Å²) in [6, 6.07) is 10.6. The zero-order chi connectivity index (χ0) is 27.2. The van der Waals surface area contributed by atoms with Crippen LogP contribution in [0.4, 0.5) is 10.1 Å². The normalized spacial score (nSPS) is 12.6. The Morgan fingerprint density at radius 1 is 1.14 bits per heavy atom. The molecule has 0 spiro atoms. The lowest BCUT2D eigenvalue weighted by Gasteiger charge is -2.36. The minimum atomic E-state index is -1.92. The van der Waals surface area contributed by atoms with E-state index in [1.807, 2.05) is 30.5 Å². The second-order valence-electron chi connectivity index (χ2n) is 10.1. The third-order valence-electron chi connectivity index (χ3n) is 6.37. The molecule has 3 aromatic rings. The molecular formula is C27H36FN3O4SSi. The predicted molar refractivity (Wildman–Crippen MR) is 151 cm³/mol. The molecule has 3 rings (SSSR count). The van der Waals surface area contributed by atoms with Gasteiger partial charge in [-0.3, -0.25) is 4.99 Å². The van der Waals surface area contributed by atoms with Crippen molar-refractivity contribution in [2.75, 3.05) is 32.3 Å². The molecule has 7 nitrogen and oxygen atoms in total. The van der Waals surface area contributed by atoms with Gasteiger partial charge in [-0.2, -0.15) is 16.7 Å². The molecule has 10 heteroatoms. The van der Waals surface area contributed by atoms with Gasteiger partial charge in [0.2, 0.25) is 11.7 Å². The van der Waals surface area contributed by atoms with Crippen molar-refractivity contribution in [3.8, 4) is 22.9 Å². The van der Waals surface area contributed by atoms with Crippen molar-refractivity contribution in [2.24, 2.45) is 4.99 Å². The van der Waals surface area contributed by atoms with E-state index >= 15 is 4.39 Å². The monoisotopic (exact) mass is 545 g/mol. The molecule has 0 aliphatic rings. The molecule has 0 amide bonds. The third-order valence-corrected chi connectivity index (χ3v) is 11.5. The Kier molecular flexibility index (Phi) is 9.55. The van der Waals surface area contributed by atoms with Gasteiger partial charge in [0.1, 0.15) is 12.4 Å². The van der Waals surface area contributed by atoms with Crippen LogP contribution in [0.1, 0.15) is 32.2 Å². The summed E-state index contributed by atoms with van der Waals surface area (Å²) in [4.78, 5) is 9.00. The summed E-state index contributed by atoms with van der Waals surface area (Å²) in [5.41, 5.74) is 2.41. The molecule has 0 aliphatic heterocycles. The molecule has 0 fully saturated rings. The fourth-order valence-electron chi connectivity index (χ4n) is 3.23. The maximum Gasteiger partial charge on any atom is 0.223 e. The molecule has 0 saturated carbocycles. The average molecular weight is 546 g/mol. The first-order chi connectivity index (χ1) is 17.4. The quantitative estimate of drug-likeness (QED) is 0.145. The number of ether oxygens (including phenoxy) is 2. The number of thioether (sulfide) groups is 1. The molecule has 0 saturated heterocycles. The Labute approximate surface area is 224 Å². The highest BCUT2D eigenvalue weighted by Gasteiger charge is 2.37. The molecule has 0 unspecified atom stereocenters. The van der Waals surface area contributed by atoms with Crippen molar-refractivity contribution in [3.63, 3.8) is 0 Å². The molecule has 2 aromatic carbocycles. The van der Waals surface area contributed by atoms with Crippen molar-refractivity contribution in [3.05, 3.63) is 53.7 Å². The van der Waals surface area contributed by atoms with Gasteiger partial charge >= 0.3 is 0 Å². The Bertz CT molecular complexity index is 1220. The van der Waals surface area contributed by atoms with E-state index in [1.54, 1.807) is 37.9 Å². The largest absolute Gasteiger partial charge is 0.497 e. The maximum absolute atomic E-state index is 15.7. The minimum absolute atomic E-state index is 0.0905. The summed E-state index contributed by atoms with van der Waals surface area (Å²) in [7, 11) is -0.369. The molecule has 0 bridgehead atoms. The smallest absolute Gasteiger partial charge is 0.223 e. The number of aromatic nitrogens is 2. The number of halogens is 1. The van der Waals surface area contributed by atoms with Crippen LogP contribution < -0.4 is 9.47 Å². The van der Waals surface area contributed by atoms with Gasteiger partial charge in [-0.1, -0.05) is 25.9 Å². The lowest BCUT2D eigenvalue weighted by atomic mass is 10.1. The van der Waals surface area contributed by atoms with Crippen LogP contribution in [0.2, 0.25) is 18.1 Å². The van der Waals surface area contributed by atoms with Crippen molar-refractivity contribution in [2.45, 2.75) is 45.8 Å². The lowest BCUT2D eigenvalue weighted by Crippen LogP contribution is -2.41. The van der Waals surface area contributed by atoms with E-state index in [9.17, 15) is 0 Å². The second kappa shape index (κ2) is 12.2. The van der Waals surface area contributed by atoms with Crippen LogP contribution >= 0.6 is 11.8 Å². The molecule has 0 atom stereocenters. The van der Waals surface area contributed by atoms with E-state index < -0.39 is 14.1 Å². The van der Waals surface area contributed by atoms with Gasteiger partial charge in [0.05, 0.1) is 25.1 Å². The van der Waals surface area contributed by atoms with E-state index in [-0.39, 0.29) is 17.4 Å². The van der Waals surface area contributed by atoms with Gasteiger partial charge in [0.25, 0.3) is 0 Å². The molecule has 200 valence electrons. The van der Waals surface area contributed by atoms with E-state index in [2.05, 4.69) is 44.0 Å². The highest BCUT2D eigenvalue weighted by molar-refractivity contribution is 7.99. The van der Waals surface area contributed by atoms with Gasteiger partial charge in [-0.15, -0.1) is 0 Å². The van der Waals surface area contributed by atoms with E-state index in [4.69, 9.17) is 23.4 Å². The van der Waals surface area contributed by atoms with Crippen LogP contribution in [-0.2, 0) is 4.43 Å². The summed E-state index contributed by atoms with van der Waals surface area (Å²) in [6.45, 7) is 13.3. The Hall–Kier alpha value is -2.69. The third kappa shape index (κ3) is 7.42. The van der Waals surface area contributed by atoms with Gasteiger partial charge in [0.15, 0.2) is 19.9 Å². The first-order valence-corrected chi connectivity index (χ1v) is 16.4. The van der Waals surface area contributed by atoms with Crippen molar-refractivity contribution in [1.29, 1.82) is 0 Å². The molecule has 0 aliphatic carbocycles. The number of methoxy groups -OCH3 is 1. The molecule has 1 aromatic heterocycles. The number of aryl methyl sites for hydroxylation is 1. The molecule has 0 N–H and O–H groups in total. The molecular weight excluding hydrogens is 509 g/mol. The minimum Gasteiger partial charge on any atom is -0.497 e. The number of rotatable bonds is 11. The second-order valence-corrected chi connectivity index (χ2v) is 15.8. The summed E-state index contributed by atoms with van der Waals surface area (Å²) >= 11 is 1.55.